The Kier molecular flexibility index (Phi) is 4.16. The summed E-state index contributed by atoms with van der Waals surface area (Å²) in [7, 11) is 0. The first-order chi connectivity index (χ1) is 5.36. The van der Waals surface area contributed by atoms with Gasteiger partial charge < -0.3 is 5.11 Å². The van der Waals surface area contributed by atoms with Gasteiger partial charge in [0.25, 0.3) is 0 Å². The second kappa shape index (κ2) is 4.69. The van der Waals surface area contributed by atoms with Gasteiger partial charge in [0.1, 0.15) is 5.75 Å². The summed E-state index contributed by atoms with van der Waals surface area (Å²) in [5, 5.41) is 11.4. The number of fused-ring (bicyclic) bond motifs is 1. The molecule has 0 saturated heterocycles. The normalized spacial score (nSPS) is 9.33. The second-order valence-corrected chi connectivity index (χ2v) is 2.53. The Labute approximate surface area is 130 Å². The van der Waals surface area contributed by atoms with Gasteiger partial charge in [-0.3, -0.25) is 0 Å². The molecule has 0 unspecified atom stereocenters. The number of hydrogen-bond donors (Lipinski definition) is 1. The Hall–Kier alpha value is 0.552. The van der Waals surface area contributed by atoms with Crippen LogP contribution >= 0.6 is 0 Å². The van der Waals surface area contributed by atoms with Crippen molar-refractivity contribution in [1.29, 1.82) is 0 Å². The number of phenolic OH excluding ortho intramolecular Hbond substituents is 1. The van der Waals surface area contributed by atoms with Gasteiger partial charge in [-0.25, -0.2) is 0 Å². The van der Waals surface area contributed by atoms with E-state index in [1.807, 2.05) is 30.3 Å². The predicted molar refractivity (Wildman–Crippen MR) is 51.4 cm³/mol. The first kappa shape index (κ1) is 10.6. The zero-order chi connectivity index (χ0) is 7.68. The minimum atomic E-state index is 0. The van der Waals surface area contributed by atoms with E-state index in [2.05, 4.69) is 0 Å². The van der Waals surface area contributed by atoms with E-state index >= 15 is 0 Å². The summed E-state index contributed by atoms with van der Waals surface area (Å²) in [6.07, 6.45) is 0. The minimum absolute atomic E-state index is 0. The third-order valence-corrected chi connectivity index (χ3v) is 1.73. The van der Waals surface area contributed by atoms with Crippen molar-refractivity contribution in [3.63, 3.8) is 0 Å². The molecule has 2 rings (SSSR count). The maximum absolute atomic E-state index is 9.13. The summed E-state index contributed by atoms with van der Waals surface area (Å²) in [4.78, 5) is 0. The molecule has 0 aliphatic heterocycles. The van der Waals surface area contributed by atoms with Gasteiger partial charge in [0.05, 0.1) is 0 Å². The standard InChI is InChI=1S/C10H8O.Cs/c11-10-6-5-8-3-1-2-4-9(8)7-10;/h1-7,11H;. The molecule has 0 bridgehead atoms. The fourth-order valence-electron chi connectivity index (χ4n) is 1.18. The van der Waals surface area contributed by atoms with Crippen LogP contribution in [0.25, 0.3) is 10.8 Å². The SMILES string of the molecule is Oc1ccc2ccccc2c1.[Cs]. The van der Waals surface area contributed by atoms with E-state index in [0.717, 1.165) is 10.8 Å². The van der Waals surface area contributed by atoms with E-state index in [1.54, 1.807) is 12.1 Å². The molecule has 0 heterocycles. The summed E-state index contributed by atoms with van der Waals surface area (Å²) in [6.45, 7) is 0. The van der Waals surface area contributed by atoms with Crippen molar-refractivity contribution >= 4 is 79.7 Å². The van der Waals surface area contributed by atoms with Crippen molar-refractivity contribution in [2.45, 2.75) is 0 Å². The van der Waals surface area contributed by atoms with E-state index in [9.17, 15) is 0 Å². The molecule has 12 heavy (non-hydrogen) atoms. The van der Waals surface area contributed by atoms with Crippen molar-refractivity contribution in [3.05, 3.63) is 42.5 Å². The Bertz CT molecular complexity index is 384. The number of hydrogen-bond acceptors (Lipinski definition) is 1. The van der Waals surface area contributed by atoms with E-state index in [-0.39, 0.29) is 68.9 Å². The molecule has 2 heteroatoms. The van der Waals surface area contributed by atoms with Crippen molar-refractivity contribution in [2.75, 3.05) is 0 Å². The average molecular weight is 277 g/mol. The minimum Gasteiger partial charge on any atom is -0.508 e. The van der Waals surface area contributed by atoms with Gasteiger partial charge in [-0.15, -0.1) is 0 Å². The Morgan fingerprint density at radius 1 is 0.833 bits per heavy atom. The summed E-state index contributed by atoms with van der Waals surface area (Å²) in [6, 6.07) is 13.3. The van der Waals surface area contributed by atoms with Crippen LogP contribution in [0.3, 0.4) is 0 Å². The maximum atomic E-state index is 9.13. The monoisotopic (exact) mass is 277 g/mol. The number of aromatic hydroxyl groups is 1. The first-order valence-electron chi connectivity index (χ1n) is 3.54. The van der Waals surface area contributed by atoms with Gasteiger partial charge in [0.15, 0.2) is 0 Å². The molecule has 1 radical (unpaired) electrons. The molecular weight excluding hydrogens is 269 g/mol. The fourth-order valence-corrected chi connectivity index (χ4v) is 1.18. The molecule has 1 nitrogen and oxygen atoms in total. The zero-order valence-corrected chi connectivity index (χ0v) is 13.3. The quantitative estimate of drug-likeness (QED) is 0.782. The van der Waals surface area contributed by atoms with Crippen LogP contribution in [0.4, 0.5) is 0 Å². The molecule has 0 saturated carbocycles. The van der Waals surface area contributed by atoms with Crippen LogP contribution in [0.5, 0.6) is 5.75 Å². The average Bonchev–Trinajstić information content (AvgIpc) is 2.04. The van der Waals surface area contributed by atoms with Gasteiger partial charge >= 0.3 is 0 Å². The van der Waals surface area contributed by atoms with Gasteiger partial charge in [-0.2, -0.15) is 0 Å². The largest absolute Gasteiger partial charge is 0.508 e. The molecule has 0 aromatic heterocycles. The molecule has 2 aromatic rings. The van der Waals surface area contributed by atoms with Crippen LogP contribution < -0.4 is 0 Å². The molecule has 0 atom stereocenters. The molecule has 0 fully saturated rings. The zero-order valence-electron chi connectivity index (χ0n) is 6.99. The molecule has 1 N–H and O–H groups in total. The van der Waals surface area contributed by atoms with E-state index in [1.165, 1.54) is 0 Å². The fraction of sp³-hybridized carbons (Fsp3) is 0. The smallest absolute Gasteiger partial charge is 0.116 e. The van der Waals surface area contributed by atoms with E-state index in [4.69, 9.17) is 5.11 Å². The van der Waals surface area contributed by atoms with Gasteiger partial charge in [0.2, 0.25) is 0 Å². The van der Waals surface area contributed by atoms with E-state index < -0.39 is 0 Å². The van der Waals surface area contributed by atoms with Crippen LogP contribution in [0.15, 0.2) is 42.5 Å². The van der Waals surface area contributed by atoms with Crippen LogP contribution in [0.1, 0.15) is 0 Å². The molecule has 0 aliphatic rings. The van der Waals surface area contributed by atoms with Crippen LogP contribution in [0.2, 0.25) is 0 Å². The summed E-state index contributed by atoms with van der Waals surface area (Å²) >= 11 is 0. The van der Waals surface area contributed by atoms with Crippen LogP contribution in [-0.2, 0) is 0 Å². The Morgan fingerprint density at radius 2 is 1.50 bits per heavy atom. The summed E-state index contributed by atoms with van der Waals surface area (Å²) in [5.41, 5.74) is 0. The molecule has 2 aromatic carbocycles. The van der Waals surface area contributed by atoms with Gasteiger partial charge in [0, 0.05) is 68.9 Å². The second-order valence-electron chi connectivity index (χ2n) is 2.53. The van der Waals surface area contributed by atoms with E-state index in [0.29, 0.717) is 5.75 Å². The van der Waals surface area contributed by atoms with Crippen LogP contribution in [-0.4, -0.2) is 74.0 Å². The number of benzene rings is 2. The maximum Gasteiger partial charge on any atom is 0.116 e. The Balaban J connectivity index is 0.000000720. The third kappa shape index (κ3) is 2.28. The molecule has 0 aliphatic carbocycles. The number of phenols is 1. The van der Waals surface area contributed by atoms with Crippen molar-refractivity contribution in [2.24, 2.45) is 0 Å². The van der Waals surface area contributed by atoms with Crippen molar-refractivity contribution in [3.8, 4) is 5.75 Å². The molecular formula is C10H8CsO. The molecule has 0 amide bonds. The van der Waals surface area contributed by atoms with Crippen LogP contribution in [0, 0.1) is 0 Å². The summed E-state index contributed by atoms with van der Waals surface area (Å²) in [5.74, 6) is 0.323. The Morgan fingerprint density at radius 3 is 2.25 bits per heavy atom. The molecule has 55 valence electrons. The van der Waals surface area contributed by atoms with Crippen molar-refractivity contribution in [1.82, 2.24) is 0 Å². The van der Waals surface area contributed by atoms with Gasteiger partial charge in [-0.1, -0.05) is 30.3 Å². The molecule has 0 spiro atoms. The topological polar surface area (TPSA) is 20.2 Å². The third-order valence-electron chi connectivity index (χ3n) is 1.73. The predicted octanol–water partition coefficient (Wildman–Crippen LogP) is 2.16. The number of rotatable bonds is 0. The van der Waals surface area contributed by atoms with Gasteiger partial charge in [-0.05, 0) is 22.9 Å². The summed E-state index contributed by atoms with van der Waals surface area (Å²) < 4.78 is 0. The van der Waals surface area contributed by atoms with Crippen molar-refractivity contribution < 1.29 is 5.11 Å². The first-order valence-corrected chi connectivity index (χ1v) is 3.54.